The number of nitrogens with two attached hydrogens (primary N) is 1. The number of carbonyl (C=O) groups is 1. The zero-order chi connectivity index (χ0) is 13.1. The lowest BCUT2D eigenvalue weighted by Gasteiger charge is -2.34. The Morgan fingerprint density at radius 2 is 1.94 bits per heavy atom. The molecule has 18 heavy (non-hydrogen) atoms. The van der Waals surface area contributed by atoms with Gasteiger partial charge in [0.2, 0.25) is 5.91 Å². The van der Waals surface area contributed by atoms with Crippen molar-refractivity contribution in [2.75, 3.05) is 26.2 Å². The number of likely N-dealkylation sites (N-methyl/N-ethyl adjacent to an activating group) is 1. The van der Waals surface area contributed by atoms with Crippen LogP contribution < -0.4 is 5.73 Å². The van der Waals surface area contributed by atoms with Crippen molar-refractivity contribution in [1.82, 2.24) is 9.80 Å². The molecule has 1 amide bonds. The van der Waals surface area contributed by atoms with Gasteiger partial charge in [-0.15, -0.1) is 0 Å². The van der Waals surface area contributed by atoms with Crippen LogP contribution in [0.25, 0.3) is 0 Å². The third kappa shape index (κ3) is 3.45. The van der Waals surface area contributed by atoms with Gasteiger partial charge in [-0.05, 0) is 58.5 Å². The molecule has 104 valence electrons. The van der Waals surface area contributed by atoms with Crippen LogP contribution in [0.1, 0.15) is 39.5 Å². The second-order valence-corrected chi connectivity index (χ2v) is 5.88. The lowest BCUT2D eigenvalue weighted by molar-refractivity contribution is -0.133. The summed E-state index contributed by atoms with van der Waals surface area (Å²) in [5.41, 5.74) is 5.94. The van der Waals surface area contributed by atoms with Crippen LogP contribution in [-0.4, -0.2) is 54.0 Å². The molecule has 0 aromatic carbocycles. The van der Waals surface area contributed by atoms with E-state index >= 15 is 0 Å². The normalized spacial score (nSPS) is 23.9. The Bertz CT molecular complexity index is 281. The van der Waals surface area contributed by atoms with Gasteiger partial charge in [0, 0.05) is 18.6 Å². The summed E-state index contributed by atoms with van der Waals surface area (Å²) in [6, 6.07) is 0.838. The highest BCUT2D eigenvalue weighted by Gasteiger charge is 2.32. The van der Waals surface area contributed by atoms with Crippen LogP contribution in [0, 0.1) is 5.92 Å². The van der Waals surface area contributed by atoms with Gasteiger partial charge >= 0.3 is 0 Å². The Balaban J connectivity index is 1.75. The van der Waals surface area contributed by atoms with E-state index in [1.54, 1.807) is 0 Å². The Kier molecular flexibility index (Phi) is 4.62. The minimum absolute atomic E-state index is 0.293. The summed E-state index contributed by atoms with van der Waals surface area (Å²) in [7, 11) is 0. The highest BCUT2D eigenvalue weighted by Crippen LogP contribution is 2.27. The van der Waals surface area contributed by atoms with E-state index in [9.17, 15) is 4.79 Å². The average molecular weight is 253 g/mol. The summed E-state index contributed by atoms with van der Waals surface area (Å²) in [6.07, 6.45) is 4.68. The summed E-state index contributed by atoms with van der Waals surface area (Å²) < 4.78 is 0. The quantitative estimate of drug-likeness (QED) is 0.797. The molecule has 2 fully saturated rings. The van der Waals surface area contributed by atoms with Crippen molar-refractivity contribution >= 4 is 5.91 Å². The van der Waals surface area contributed by atoms with Gasteiger partial charge in [0.15, 0.2) is 0 Å². The van der Waals surface area contributed by atoms with Crippen LogP contribution in [0.4, 0.5) is 0 Å². The van der Waals surface area contributed by atoms with Crippen molar-refractivity contribution in [3.63, 3.8) is 0 Å². The summed E-state index contributed by atoms with van der Waals surface area (Å²) in [4.78, 5) is 16.6. The van der Waals surface area contributed by atoms with Gasteiger partial charge < -0.3 is 10.6 Å². The number of likely N-dealkylation sites (tertiary alicyclic amines) is 1. The van der Waals surface area contributed by atoms with Gasteiger partial charge in [0.1, 0.15) is 0 Å². The van der Waals surface area contributed by atoms with Crippen molar-refractivity contribution < 1.29 is 4.79 Å². The molecule has 1 atom stereocenters. The number of nitrogens with zero attached hydrogens (tertiary/aromatic N) is 2. The van der Waals surface area contributed by atoms with Crippen molar-refractivity contribution in [2.24, 2.45) is 11.7 Å². The molecule has 1 heterocycles. The fourth-order valence-corrected chi connectivity index (χ4v) is 2.94. The largest absolute Gasteiger partial charge is 0.339 e. The molecule has 0 spiro atoms. The number of hydrogen-bond acceptors (Lipinski definition) is 3. The molecule has 0 aromatic heterocycles. The topological polar surface area (TPSA) is 49.6 Å². The number of piperidine rings is 1. The van der Waals surface area contributed by atoms with E-state index in [0.717, 1.165) is 32.5 Å². The molecule has 4 nitrogen and oxygen atoms in total. The van der Waals surface area contributed by atoms with Gasteiger partial charge in [-0.2, -0.15) is 0 Å². The van der Waals surface area contributed by atoms with Crippen LogP contribution in [0.15, 0.2) is 0 Å². The molecule has 0 aromatic rings. The van der Waals surface area contributed by atoms with Gasteiger partial charge in [0.25, 0.3) is 0 Å². The predicted molar refractivity (Wildman–Crippen MR) is 73.2 cm³/mol. The maximum Gasteiger partial charge on any atom is 0.236 e. The Morgan fingerprint density at radius 1 is 1.33 bits per heavy atom. The molecular formula is C14H27N3O. The second-order valence-electron chi connectivity index (χ2n) is 5.88. The lowest BCUT2D eigenvalue weighted by Crippen LogP contribution is -2.45. The second kappa shape index (κ2) is 6.02. The van der Waals surface area contributed by atoms with E-state index in [2.05, 4.69) is 23.6 Å². The molecule has 1 saturated heterocycles. The van der Waals surface area contributed by atoms with Crippen LogP contribution >= 0.6 is 0 Å². The van der Waals surface area contributed by atoms with E-state index < -0.39 is 0 Å². The number of carbonyl (C=O) groups excluding carboxylic acids is 1. The minimum Gasteiger partial charge on any atom is -0.339 e. The van der Waals surface area contributed by atoms with Crippen molar-refractivity contribution in [2.45, 2.75) is 51.6 Å². The van der Waals surface area contributed by atoms with Gasteiger partial charge in [-0.25, -0.2) is 0 Å². The first-order valence-corrected chi connectivity index (χ1v) is 7.39. The molecule has 2 aliphatic rings. The molecule has 1 saturated carbocycles. The summed E-state index contributed by atoms with van der Waals surface area (Å²) in [6.45, 7) is 7.70. The van der Waals surface area contributed by atoms with Gasteiger partial charge in [-0.3, -0.25) is 9.69 Å². The molecule has 0 radical (unpaired) electrons. The van der Waals surface area contributed by atoms with Gasteiger partial charge in [0.05, 0.1) is 6.54 Å². The van der Waals surface area contributed by atoms with Crippen molar-refractivity contribution in [3.05, 3.63) is 0 Å². The third-order valence-corrected chi connectivity index (χ3v) is 4.38. The minimum atomic E-state index is 0.293. The fourth-order valence-electron chi connectivity index (χ4n) is 2.94. The standard InChI is InChI=1S/C14H27N3O/c1-3-17(13-4-5-13)14(18)10-16-8-6-12(7-9-16)11(2)15/h11-13H,3-10,15H2,1-2H3. The number of hydrogen-bond donors (Lipinski definition) is 1. The van der Waals surface area contributed by atoms with E-state index in [1.807, 2.05) is 0 Å². The van der Waals surface area contributed by atoms with E-state index in [0.29, 0.717) is 30.5 Å². The summed E-state index contributed by atoms with van der Waals surface area (Å²) in [5, 5.41) is 0. The molecular weight excluding hydrogens is 226 g/mol. The van der Waals surface area contributed by atoms with Gasteiger partial charge in [-0.1, -0.05) is 0 Å². The predicted octanol–water partition coefficient (Wildman–Crippen LogP) is 1.06. The fraction of sp³-hybridized carbons (Fsp3) is 0.929. The Labute approximate surface area is 110 Å². The smallest absolute Gasteiger partial charge is 0.236 e. The van der Waals surface area contributed by atoms with E-state index in [4.69, 9.17) is 5.73 Å². The Hall–Kier alpha value is -0.610. The lowest BCUT2D eigenvalue weighted by atomic mass is 9.91. The first kappa shape index (κ1) is 13.8. The number of rotatable bonds is 5. The van der Waals surface area contributed by atoms with Crippen LogP contribution in [0.3, 0.4) is 0 Å². The van der Waals surface area contributed by atoms with E-state index in [-0.39, 0.29) is 0 Å². The molecule has 1 aliphatic carbocycles. The first-order chi connectivity index (χ1) is 8.61. The van der Waals surface area contributed by atoms with Crippen molar-refractivity contribution in [3.8, 4) is 0 Å². The Morgan fingerprint density at radius 3 is 2.39 bits per heavy atom. The molecule has 1 unspecified atom stereocenters. The zero-order valence-corrected chi connectivity index (χ0v) is 11.8. The first-order valence-electron chi connectivity index (χ1n) is 7.39. The van der Waals surface area contributed by atoms with Crippen LogP contribution in [0.2, 0.25) is 0 Å². The molecule has 2 N–H and O–H groups in total. The molecule has 0 bridgehead atoms. The summed E-state index contributed by atoms with van der Waals surface area (Å²) >= 11 is 0. The van der Waals surface area contributed by atoms with Crippen molar-refractivity contribution in [1.29, 1.82) is 0 Å². The third-order valence-electron chi connectivity index (χ3n) is 4.38. The maximum atomic E-state index is 12.2. The SMILES string of the molecule is CCN(C(=O)CN1CCC(C(C)N)CC1)C1CC1. The monoisotopic (exact) mass is 253 g/mol. The van der Waals surface area contributed by atoms with E-state index in [1.165, 1.54) is 12.8 Å². The number of amides is 1. The zero-order valence-electron chi connectivity index (χ0n) is 11.8. The van der Waals surface area contributed by atoms with Crippen LogP contribution in [0.5, 0.6) is 0 Å². The molecule has 2 rings (SSSR count). The molecule has 1 aliphatic heterocycles. The average Bonchev–Trinajstić information content (AvgIpc) is 3.15. The summed E-state index contributed by atoms with van der Waals surface area (Å²) in [5.74, 6) is 0.960. The maximum absolute atomic E-state index is 12.2. The highest BCUT2D eigenvalue weighted by molar-refractivity contribution is 5.78. The molecule has 4 heteroatoms. The van der Waals surface area contributed by atoms with Crippen LogP contribution in [-0.2, 0) is 4.79 Å². The highest BCUT2D eigenvalue weighted by atomic mass is 16.2.